The summed E-state index contributed by atoms with van der Waals surface area (Å²) < 4.78 is 16.1. The molecule has 3 unspecified atom stereocenters. The SMILES string of the molecule is CCN(CC(O)COC(C)COC)CC1CCCO1. The van der Waals surface area contributed by atoms with Crippen molar-refractivity contribution in [1.29, 1.82) is 0 Å². The number of nitrogens with zero attached hydrogens (tertiary/aromatic N) is 1. The maximum Gasteiger partial charge on any atom is 0.0900 e. The van der Waals surface area contributed by atoms with E-state index >= 15 is 0 Å². The number of hydrogen-bond donors (Lipinski definition) is 1. The van der Waals surface area contributed by atoms with Gasteiger partial charge in [-0.05, 0) is 26.3 Å². The Kier molecular flexibility index (Phi) is 8.57. The summed E-state index contributed by atoms with van der Waals surface area (Å²) in [6.45, 7) is 8.30. The van der Waals surface area contributed by atoms with Gasteiger partial charge in [0.15, 0.2) is 0 Å². The van der Waals surface area contributed by atoms with Crippen LogP contribution in [0.1, 0.15) is 26.7 Å². The molecule has 114 valence electrons. The highest BCUT2D eigenvalue weighted by molar-refractivity contribution is 4.72. The highest BCUT2D eigenvalue weighted by Gasteiger charge is 2.20. The molecule has 1 aliphatic rings. The van der Waals surface area contributed by atoms with Crippen molar-refractivity contribution in [3.05, 3.63) is 0 Å². The summed E-state index contributed by atoms with van der Waals surface area (Å²) >= 11 is 0. The van der Waals surface area contributed by atoms with Crippen molar-refractivity contribution in [2.75, 3.05) is 46.6 Å². The van der Waals surface area contributed by atoms with E-state index in [9.17, 15) is 5.11 Å². The van der Waals surface area contributed by atoms with Gasteiger partial charge in [-0.3, -0.25) is 4.90 Å². The number of aliphatic hydroxyl groups is 1. The van der Waals surface area contributed by atoms with Gasteiger partial charge in [0.2, 0.25) is 0 Å². The lowest BCUT2D eigenvalue weighted by atomic mass is 10.2. The monoisotopic (exact) mass is 275 g/mol. The van der Waals surface area contributed by atoms with Crippen LogP contribution < -0.4 is 0 Å². The summed E-state index contributed by atoms with van der Waals surface area (Å²) in [5.74, 6) is 0. The molecular weight excluding hydrogens is 246 g/mol. The average molecular weight is 275 g/mol. The van der Waals surface area contributed by atoms with Gasteiger partial charge in [-0.15, -0.1) is 0 Å². The smallest absolute Gasteiger partial charge is 0.0900 e. The zero-order chi connectivity index (χ0) is 14.1. The molecule has 0 aliphatic carbocycles. The van der Waals surface area contributed by atoms with Gasteiger partial charge in [0.25, 0.3) is 0 Å². The Morgan fingerprint density at radius 1 is 1.42 bits per heavy atom. The maximum atomic E-state index is 9.99. The largest absolute Gasteiger partial charge is 0.389 e. The molecule has 1 heterocycles. The summed E-state index contributed by atoms with van der Waals surface area (Å²) in [5, 5.41) is 9.99. The van der Waals surface area contributed by atoms with Crippen LogP contribution in [0.3, 0.4) is 0 Å². The number of ether oxygens (including phenoxy) is 3. The number of aliphatic hydroxyl groups excluding tert-OH is 1. The second-order valence-electron chi connectivity index (χ2n) is 5.24. The maximum absolute atomic E-state index is 9.99. The third-order valence-electron chi connectivity index (χ3n) is 3.38. The van der Waals surface area contributed by atoms with Gasteiger partial charge in [0.05, 0.1) is 31.5 Å². The van der Waals surface area contributed by atoms with E-state index in [4.69, 9.17) is 14.2 Å². The van der Waals surface area contributed by atoms with Crippen LogP contribution in [-0.2, 0) is 14.2 Å². The third-order valence-corrected chi connectivity index (χ3v) is 3.38. The standard InChI is InChI=1S/C14H29NO4/c1-4-15(9-14-6-5-7-18-14)8-13(16)11-19-12(2)10-17-3/h12-14,16H,4-11H2,1-3H3. The predicted octanol–water partition coefficient (Wildman–Crippen LogP) is 0.900. The first-order chi connectivity index (χ1) is 9.15. The topological polar surface area (TPSA) is 51.2 Å². The Bertz CT molecular complexity index is 221. The molecule has 0 aromatic carbocycles. The minimum atomic E-state index is -0.458. The molecule has 0 radical (unpaired) electrons. The first kappa shape index (κ1) is 16.9. The first-order valence-corrected chi connectivity index (χ1v) is 7.28. The summed E-state index contributed by atoms with van der Waals surface area (Å²) in [7, 11) is 1.65. The van der Waals surface area contributed by atoms with E-state index in [-0.39, 0.29) is 6.10 Å². The predicted molar refractivity (Wildman–Crippen MR) is 74.4 cm³/mol. The fraction of sp³-hybridized carbons (Fsp3) is 1.00. The number of likely N-dealkylation sites (N-methyl/N-ethyl adjacent to an activating group) is 1. The zero-order valence-electron chi connectivity index (χ0n) is 12.5. The molecule has 0 amide bonds. The molecule has 0 aromatic heterocycles. The molecule has 1 N–H and O–H groups in total. The van der Waals surface area contributed by atoms with Crippen molar-refractivity contribution in [3.8, 4) is 0 Å². The number of hydrogen-bond acceptors (Lipinski definition) is 5. The van der Waals surface area contributed by atoms with Gasteiger partial charge < -0.3 is 19.3 Å². The van der Waals surface area contributed by atoms with Crippen LogP contribution in [0, 0.1) is 0 Å². The molecule has 1 saturated heterocycles. The van der Waals surface area contributed by atoms with Crippen LogP contribution in [0.25, 0.3) is 0 Å². The molecule has 1 rings (SSSR count). The summed E-state index contributed by atoms with van der Waals surface area (Å²) in [6, 6.07) is 0. The van der Waals surface area contributed by atoms with Crippen molar-refractivity contribution in [2.24, 2.45) is 0 Å². The van der Waals surface area contributed by atoms with Gasteiger partial charge in [-0.2, -0.15) is 0 Å². The van der Waals surface area contributed by atoms with Crippen LogP contribution in [-0.4, -0.2) is 74.9 Å². The lowest BCUT2D eigenvalue weighted by Gasteiger charge is -2.26. The van der Waals surface area contributed by atoms with Gasteiger partial charge in [-0.1, -0.05) is 6.92 Å². The fourth-order valence-electron chi connectivity index (χ4n) is 2.32. The molecule has 0 aromatic rings. The van der Waals surface area contributed by atoms with Crippen molar-refractivity contribution in [3.63, 3.8) is 0 Å². The quantitative estimate of drug-likeness (QED) is 0.642. The van der Waals surface area contributed by atoms with Crippen LogP contribution >= 0.6 is 0 Å². The second kappa shape index (κ2) is 9.66. The lowest BCUT2D eigenvalue weighted by Crippen LogP contribution is -2.39. The molecule has 0 saturated carbocycles. The molecule has 3 atom stereocenters. The fourth-order valence-corrected chi connectivity index (χ4v) is 2.32. The van der Waals surface area contributed by atoms with Crippen LogP contribution in [0.5, 0.6) is 0 Å². The molecule has 19 heavy (non-hydrogen) atoms. The van der Waals surface area contributed by atoms with Crippen LogP contribution in [0.4, 0.5) is 0 Å². The molecular formula is C14H29NO4. The Morgan fingerprint density at radius 2 is 2.21 bits per heavy atom. The average Bonchev–Trinajstić information content (AvgIpc) is 2.89. The highest BCUT2D eigenvalue weighted by atomic mass is 16.5. The summed E-state index contributed by atoms with van der Waals surface area (Å²) in [4.78, 5) is 2.23. The van der Waals surface area contributed by atoms with E-state index in [0.29, 0.717) is 25.9 Å². The minimum absolute atomic E-state index is 0.0212. The molecule has 5 heteroatoms. The third kappa shape index (κ3) is 7.22. The van der Waals surface area contributed by atoms with E-state index in [1.807, 2.05) is 6.92 Å². The minimum Gasteiger partial charge on any atom is -0.389 e. The summed E-state index contributed by atoms with van der Waals surface area (Å²) in [5.41, 5.74) is 0. The van der Waals surface area contributed by atoms with Crippen molar-refractivity contribution in [1.82, 2.24) is 4.90 Å². The molecule has 0 bridgehead atoms. The zero-order valence-corrected chi connectivity index (χ0v) is 12.5. The Morgan fingerprint density at radius 3 is 2.79 bits per heavy atom. The van der Waals surface area contributed by atoms with E-state index in [1.54, 1.807) is 7.11 Å². The van der Waals surface area contributed by atoms with E-state index < -0.39 is 6.10 Å². The van der Waals surface area contributed by atoms with Crippen LogP contribution in [0.2, 0.25) is 0 Å². The van der Waals surface area contributed by atoms with Gasteiger partial charge >= 0.3 is 0 Å². The van der Waals surface area contributed by atoms with Gasteiger partial charge in [0, 0.05) is 26.8 Å². The van der Waals surface area contributed by atoms with Crippen molar-refractivity contribution < 1.29 is 19.3 Å². The van der Waals surface area contributed by atoms with Gasteiger partial charge in [0.1, 0.15) is 0 Å². The molecule has 1 fully saturated rings. The van der Waals surface area contributed by atoms with Crippen molar-refractivity contribution >= 4 is 0 Å². The van der Waals surface area contributed by atoms with Crippen molar-refractivity contribution in [2.45, 2.75) is 45.0 Å². The number of methoxy groups -OCH3 is 1. The van der Waals surface area contributed by atoms with E-state index in [1.165, 1.54) is 0 Å². The number of rotatable bonds is 10. The van der Waals surface area contributed by atoms with E-state index in [0.717, 1.165) is 32.5 Å². The molecule has 0 spiro atoms. The van der Waals surface area contributed by atoms with Gasteiger partial charge in [-0.25, -0.2) is 0 Å². The highest BCUT2D eigenvalue weighted by Crippen LogP contribution is 2.13. The lowest BCUT2D eigenvalue weighted by molar-refractivity contribution is -0.0424. The first-order valence-electron chi connectivity index (χ1n) is 7.28. The van der Waals surface area contributed by atoms with E-state index in [2.05, 4.69) is 11.8 Å². The Hall–Kier alpha value is -0.200. The van der Waals surface area contributed by atoms with Crippen LogP contribution in [0.15, 0.2) is 0 Å². The Balaban J connectivity index is 2.18. The molecule has 5 nitrogen and oxygen atoms in total. The molecule has 1 aliphatic heterocycles. The Labute approximate surface area is 116 Å². The summed E-state index contributed by atoms with van der Waals surface area (Å²) in [6.07, 6.45) is 2.19. The second-order valence-corrected chi connectivity index (χ2v) is 5.24. The normalized spacial score (nSPS) is 22.9.